The highest BCUT2D eigenvalue weighted by Gasteiger charge is 2.30. The number of carboxylic acids is 1. The van der Waals surface area contributed by atoms with Crippen molar-refractivity contribution in [1.82, 2.24) is 9.88 Å². The molecule has 2 heterocycles. The molecule has 0 aliphatic carbocycles. The van der Waals surface area contributed by atoms with Crippen LogP contribution >= 0.6 is 0 Å². The Morgan fingerprint density at radius 2 is 1.86 bits per heavy atom. The van der Waals surface area contributed by atoms with E-state index in [4.69, 9.17) is 5.11 Å². The molecule has 1 aromatic heterocycles. The Balaban J connectivity index is 1.64. The number of hydrogen-bond acceptors (Lipinski definition) is 3. The van der Waals surface area contributed by atoms with E-state index in [0.29, 0.717) is 5.92 Å². The average Bonchev–Trinajstić information content (AvgIpc) is 2.67. The van der Waals surface area contributed by atoms with Gasteiger partial charge in [-0.3, -0.25) is 9.78 Å². The van der Waals surface area contributed by atoms with Crippen molar-refractivity contribution in [3.05, 3.63) is 53.7 Å². The van der Waals surface area contributed by atoms with E-state index in [9.17, 15) is 9.59 Å². The van der Waals surface area contributed by atoms with Crippen LogP contribution in [0.3, 0.4) is 0 Å². The van der Waals surface area contributed by atoms with Gasteiger partial charge in [-0.2, -0.15) is 0 Å². The fraction of sp³-hybridized carbons (Fsp3) is 0.435. The lowest BCUT2D eigenvalue weighted by atomic mass is 9.88. The molecule has 1 unspecified atom stereocenters. The van der Waals surface area contributed by atoms with Crippen molar-refractivity contribution >= 4 is 11.9 Å². The minimum atomic E-state index is -0.929. The van der Waals surface area contributed by atoms with Gasteiger partial charge < -0.3 is 10.0 Å². The number of likely N-dealkylation sites (tertiary alicyclic amines) is 1. The lowest BCUT2D eigenvalue weighted by molar-refractivity contribution is -0.141. The maximum absolute atomic E-state index is 12.6. The Labute approximate surface area is 166 Å². The number of nitrogens with zero attached hydrogens (tertiary/aromatic N) is 2. The highest BCUT2D eigenvalue weighted by atomic mass is 16.4. The maximum Gasteiger partial charge on any atom is 0.335 e. The molecule has 0 bridgehead atoms. The number of rotatable bonds is 4. The molecule has 148 valence electrons. The third-order valence-electron chi connectivity index (χ3n) is 5.22. The van der Waals surface area contributed by atoms with Gasteiger partial charge in [-0.25, -0.2) is 4.79 Å². The Morgan fingerprint density at radius 1 is 1.14 bits per heavy atom. The van der Waals surface area contributed by atoms with Crippen LogP contribution in [0, 0.1) is 11.3 Å². The molecule has 1 aliphatic rings. The Morgan fingerprint density at radius 3 is 2.43 bits per heavy atom. The van der Waals surface area contributed by atoms with Crippen molar-refractivity contribution in [2.75, 3.05) is 13.1 Å². The first-order valence-electron chi connectivity index (χ1n) is 9.82. The zero-order valence-corrected chi connectivity index (χ0v) is 16.8. The summed E-state index contributed by atoms with van der Waals surface area (Å²) >= 11 is 0. The van der Waals surface area contributed by atoms with Crippen molar-refractivity contribution in [1.29, 1.82) is 0 Å². The molecule has 2 aromatic rings. The van der Waals surface area contributed by atoms with Gasteiger partial charge in [0.15, 0.2) is 0 Å². The summed E-state index contributed by atoms with van der Waals surface area (Å²) in [5, 5.41) is 9.00. The highest BCUT2D eigenvalue weighted by molar-refractivity contribution is 5.88. The summed E-state index contributed by atoms with van der Waals surface area (Å²) in [6.45, 7) is 7.60. The second-order valence-corrected chi connectivity index (χ2v) is 8.65. The summed E-state index contributed by atoms with van der Waals surface area (Å²) in [5.41, 5.74) is 2.83. The van der Waals surface area contributed by atoms with Crippen LogP contribution in [0.25, 0.3) is 11.3 Å². The van der Waals surface area contributed by atoms with E-state index in [2.05, 4.69) is 11.1 Å². The monoisotopic (exact) mass is 380 g/mol. The third-order valence-corrected chi connectivity index (χ3v) is 5.22. The quantitative estimate of drug-likeness (QED) is 0.860. The normalized spacial score (nSPS) is 17.4. The van der Waals surface area contributed by atoms with E-state index in [-0.39, 0.29) is 16.9 Å². The van der Waals surface area contributed by atoms with Gasteiger partial charge in [-0.15, -0.1) is 0 Å². The summed E-state index contributed by atoms with van der Waals surface area (Å²) in [6.07, 6.45) is 4.99. The van der Waals surface area contributed by atoms with Crippen LogP contribution in [0.4, 0.5) is 0 Å². The minimum Gasteiger partial charge on any atom is -0.478 e. The number of aromatic carboxylic acids is 1. The van der Waals surface area contributed by atoms with Crippen molar-refractivity contribution in [3.8, 4) is 11.3 Å². The maximum atomic E-state index is 12.6. The van der Waals surface area contributed by atoms with E-state index in [1.165, 1.54) is 5.56 Å². The molecule has 0 saturated carbocycles. The van der Waals surface area contributed by atoms with Crippen LogP contribution in [-0.4, -0.2) is 40.0 Å². The third kappa shape index (κ3) is 4.77. The number of amides is 1. The molecule has 3 rings (SSSR count). The summed E-state index contributed by atoms with van der Waals surface area (Å²) in [7, 11) is 0. The van der Waals surface area contributed by atoms with E-state index in [1.54, 1.807) is 24.3 Å². The van der Waals surface area contributed by atoms with Crippen LogP contribution in [-0.2, 0) is 11.2 Å². The molecule has 0 radical (unpaired) electrons. The molecule has 1 N–H and O–H groups in total. The molecular formula is C23H28N2O3. The van der Waals surface area contributed by atoms with Crippen LogP contribution in [0.1, 0.15) is 49.5 Å². The molecule has 1 saturated heterocycles. The van der Waals surface area contributed by atoms with Gasteiger partial charge in [0, 0.05) is 30.3 Å². The smallest absolute Gasteiger partial charge is 0.335 e. The van der Waals surface area contributed by atoms with Crippen LogP contribution in [0.2, 0.25) is 0 Å². The molecule has 28 heavy (non-hydrogen) atoms. The minimum absolute atomic E-state index is 0.232. The SMILES string of the molecule is CC(C)(C)C(=O)N1CCCC(Cc2ccc(-c3ccc(C(=O)O)cc3)nc2)C1. The van der Waals surface area contributed by atoms with Crippen molar-refractivity contribution in [3.63, 3.8) is 0 Å². The van der Waals surface area contributed by atoms with Gasteiger partial charge in [0.05, 0.1) is 11.3 Å². The molecule has 1 aromatic carbocycles. The summed E-state index contributed by atoms with van der Waals surface area (Å²) in [5.74, 6) is -0.237. The first kappa shape index (κ1) is 20.1. The first-order valence-corrected chi connectivity index (χ1v) is 9.82. The van der Waals surface area contributed by atoms with Gasteiger partial charge >= 0.3 is 5.97 Å². The van der Waals surface area contributed by atoms with E-state index >= 15 is 0 Å². The van der Waals surface area contributed by atoms with E-state index in [0.717, 1.165) is 43.6 Å². The van der Waals surface area contributed by atoms with E-state index in [1.807, 2.05) is 37.9 Å². The number of piperidine rings is 1. The number of carbonyl (C=O) groups is 2. The molecule has 1 fully saturated rings. The summed E-state index contributed by atoms with van der Waals surface area (Å²) in [6, 6.07) is 10.8. The molecule has 5 heteroatoms. The zero-order chi connectivity index (χ0) is 20.3. The number of hydrogen-bond donors (Lipinski definition) is 1. The standard InChI is InChI=1S/C23H28N2O3/c1-23(2,3)22(28)25-12-4-5-17(15-25)13-16-6-11-20(24-14-16)18-7-9-19(10-8-18)21(26)27/h6-11,14,17H,4-5,12-13,15H2,1-3H3,(H,26,27). The van der Waals surface area contributed by atoms with Gasteiger partial charge in [0.25, 0.3) is 0 Å². The highest BCUT2D eigenvalue weighted by Crippen LogP contribution is 2.26. The molecular weight excluding hydrogens is 352 g/mol. The first-order chi connectivity index (χ1) is 13.2. The van der Waals surface area contributed by atoms with Gasteiger partial charge in [0.2, 0.25) is 5.91 Å². The second-order valence-electron chi connectivity index (χ2n) is 8.65. The van der Waals surface area contributed by atoms with Gasteiger partial charge in [0.1, 0.15) is 0 Å². The fourth-order valence-electron chi connectivity index (χ4n) is 3.72. The van der Waals surface area contributed by atoms with Crippen LogP contribution < -0.4 is 0 Å². The number of carboxylic acid groups (broad SMARTS) is 1. The fourth-order valence-corrected chi connectivity index (χ4v) is 3.72. The van der Waals surface area contributed by atoms with Crippen LogP contribution in [0.15, 0.2) is 42.6 Å². The molecule has 0 spiro atoms. The number of pyridine rings is 1. The Bertz CT molecular complexity index is 836. The number of carbonyl (C=O) groups excluding carboxylic acids is 1. The van der Waals surface area contributed by atoms with Crippen LogP contribution in [0.5, 0.6) is 0 Å². The lowest BCUT2D eigenvalue weighted by Crippen LogP contribution is -2.45. The molecule has 1 aliphatic heterocycles. The van der Waals surface area contributed by atoms with Crippen molar-refractivity contribution in [2.45, 2.75) is 40.0 Å². The Kier molecular flexibility index (Phi) is 5.82. The topological polar surface area (TPSA) is 70.5 Å². The van der Waals surface area contributed by atoms with Gasteiger partial charge in [-0.05, 0) is 48.9 Å². The number of aromatic nitrogens is 1. The summed E-state index contributed by atoms with van der Waals surface area (Å²) < 4.78 is 0. The molecule has 5 nitrogen and oxygen atoms in total. The predicted octanol–water partition coefficient (Wildman–Crippen LogP) is 4.27. The lowest BCUT2D eigenvalue weighted by Gasteiger charge is -2.36. The molecule has 1 atom stereocenters. The van der Waals surface area contributed by atoms with Crippen molar-refractivity contribution in [2.24, 2.45) is 11.3 Å². The number of benzene rings is 1. The largest absolute Gasteiger partial charge is 0.478 e. The average molecular weight is 380 g/mol. The van der Waals surface area contributed by atoms with Crippen molar-refractivity contribution < 1.29 is 14.7 Å². The molecule has 1 amide bonds. The zero-order valence-electron chi connectivity index (χ0n) is 16.8. The van der Waals surface area contributed by atoms with E-state index < -0.39 is 5.97 Å². The Hall–Kier alpha value is -2.69. The predicted molar refractivity (Wildman–Crippen MR) is 109 cm³/mol. The summed E-state index contributed by atoms with van der Waals surface area (Å²) in [4.78, 5) is 30.1. The van der Waals surface area contributed by atoms with Gasteiger partial charge in [-0.1, -0.05) is 39.0 Å². The second kappa shape index (κ2) is 8.13.